The molecule has 1 aromatic heterocycles. The molecule has 3 rings (SSSR count). The number of nitrogens with zero attached hydrogens (tertiary/aromatic N) is 2. The summed E-state index contributed by atoms with van der Waals surface area (Å²) in [5, 5.41) is 6.91. The minimum Gasteiger partial charge on any atom is -0.376 e. The summed E-state index contributed by atoms with van der Waals surface area (Å²) < 4.78 is 12.3. The average molecular weight is 329 g/mol. The molecule has 1 aliphatic heterocycles. The maximum atomic E-state index is 12.3. The van der Waals surface area contributed by atoms with Crippen LogP contribution in [0, 0.1) is 6.92 Å². The first-order valence-corrected chi connectivity index (χ1v) is 7.79. The molecule has 1 saturated heterocycles. The third-order valence-electron chi connectivity index (χ3n) is 3.70. The third kappa shape index (κ3) is 3.69. The molecule has 1 atom stereocenters. The van der Waals surface area contributed by atoms with Crippen molar-refractivity contribution >= 4 is 5.91 Å². The van der Waals surface area contributed by atoms with Crippen molar-refractivity contribution in [3.8, 4) is 5.69 Å². The molecule has 2 aromatic rings. The van der Waals surface area contributed by atoms with Gasteiger partial charge in [-0.25, -0.2) is 4.68 Å². The topological polar surface area (TPSA) is 82.5 Å². The lowest BCUT2D eigenvalue weighted by molar-refractivity contribution is -0.0855. The Labute approximate surface area is 139 Å². The van der Waals surface area contributed by atoms with Gasteiger partial charge in [0.25, 0.3) is 5.91 Å². The predicted octanol–water partition coefficient (Wildman–Crippen LogP) is 0.686. The van der Waals surface area contributed by atoms with Crippen molar-refractivity contribution < 1.29 is 14.3 Å². The van der Waals surface area contributed by atoms with Gasteiger partial charge in [0.1, 0.15) is 0 Å². The molecule has 1 aliphatic rings. The van der Waals surface area contributed by atoms with E-state index in [1.165, 1.54) is 6.07 Å². The molecule has 7 heteroatoms. The fourth-order valence-corrected chi connectivity index (χ4v) is 2.48. The van der Waals surface area contributed by atoms with Crippen LogP contribution in [0.25, 0.3) is 5.69 Å². The Balaban J connectivity index is 1.79. The van der Waals surface area contributed by atoms with Crippen molar-refractivity contribution in [3.05, 3.63) is 58.0 Å². The second-order valence-electron chi connectivity index (χ2n) is 5.52. The van der Waals surface area contributed by atoms with E-state index < -0.39 is 11.3 Å². The summed E-state index contributed by atoms with van der Waals surface area (Å²) in [7, 11) is 0. The van der Waals surface area contributed by atoms with E-state index >= 15 is 0 Å². The highest BCUT2D eigenvalue weighted by molar-refractivity contribution is 5.92. The molecule has 0 saturated carbocycles. The minimum atomic E-state index is -0.515. The number of amides is 1. The molecule has 1 unspecified atom stereocenters. The number of aromatic nitrogens is 2. The Morgan fingerprint density at radius 1 is 1.33 bits per heavy atom. The maximum Gasteiger partial charge on any atom is 0.275 e. The normalized spacial score (nSPS) is 17.5. The Morgan fingerprint density at radius 2 is 2.12 bits per heavy atom. The van der Waals surface area contributed by atoms with Crippen molar-refractivity contribution in [1.82, 2.24) is 15.1 Å². The molecule has 0 radical (unpaired) electrons. The quantitative estimate of drug-likeness (QED) is 0.892. The number of hydrogen-bond acceptors (Lipinski definition) is 5. The van der Waals surface area contributed by atoms with Gasteiger partial charge in [0.05, 0.1) is 31.6 Å². The summed E-state index contributed by atoms with van der Waals surface area (Å²) in [5.74, 6) is -0.515. The summed E-state index contributed by atoms with van der Waals surface area (Å²) in [6.07, 6.45) is -0.204. The van der Waals surface area contributed by atoms with E-state index in [0.29, 0.717) is 25.5 Å². The zero-order valence-corrected chi connectivity index (χ0v) is 13.4. The second kappa shape index (κ2) is 7.37. The van der Waals surface area contributed by atoms with Crippen LogP contribution in [0.1, 0.15) is 16.2 Å². The summed E-state index contributed by atoms with van der Waals surface area (Å²) in [4.78, 5) is 24.4. The van der Waals surface area contributed by atoms with Crippen molar-refractivity contribution in [2.75, 3.05) is 26.4 Å². The zero-order chi connectivity index (χ0) is 16.9. The minimum absolute atomic E-state index is 0.138. The van der Waals surface area contributed by atoms with Crippen LogP contribution in [0.3, 0.4) is 0 Å². The molecular weight excluding hydrogens is 310 g/mol. The third-order valence-corrected chi connectivity index (χ3v) is 3.70. The van der Waals surface area contributed by atoms with Crippen LogP contribution >= 0.6 is 0 Å². The monoisotopic (exact) mass is 329 g/mol. The average Bonchev–Trinajstić information content (AvgIpc) is 2.61. The Kier molecular flexibility index (Phi) is 5.02. The highest BCUT2D eigenvalue weighted by Gasteiger charge is 2.19. The number of aryl methyl sites for hydroxylation is 1. The first-order chi connectivity index (χ1) is 11.6. The fourth-order valence-electron chi connectivity index (χ4n) is 2.48. The highest BCUT2D eigenvalue weighted by atomic mass is 16.6. The molecule has 7 nitrogen and oxygen atoms in total. The van der Waals surface area contributed by atoms with Crippen LogP contribution in [0.15, 0.2) is 41.2 Å². The number of benzene rings is 1. The van der Waals surface area contributed by atoms with Gasteiger partial charge in [0.15, 0.2) is 5.69 Å². The zero-order valence-electron chi connectivity index (χ0n) is 13.4. The van der Waals surface area contributed by atoms with Crippen molar-refractivity contribution in [1.29, 1.82) is 0 Å². The van der Waals surface area contributed by atoms with Crippen LogP contribution in [0.4, 0.5) is 0 Å². The number of hydrogen-bond donors (Lipinski definition) is 1. The van der Waals surface area contributed by atoms with Crippen LogP contribution in [0.2, 0.25) is 0 Å². The van der Waals surface area contributed by atoms with Gasteiger partial charge < -0.3 is 14.8 Å². The molecule has 1 N–H and O–H groups in total. The van der Waals surface area contributed by atoms with E-state index in [2.05, 4.69) is 10.4 Å². The van der Waals surface area contributed by atoms with E-state index in [9.17, 15) is 9.59 Å². The molecule has 24 heavy (non-hydrogen) atoms. The first-order valence-electron chi connectivity index (χ1n) is 7.79. The van der Waals surface area contributed by atoms with E-state index in [1.54, 1.807) is 11.6 Å². The number of rotatable bonds is 4. The Bertz CT molecular complexity index is 767. The highest BCUT2D eigenvalue weighted by Crippen LogP contribution is 2.08. The predicted molar refractivity (Wildman–Crippen MR) is 87.5 cm³/mol. The van der Waals surface area contributed by atoms with Gasteiger partial charge in [-0.1, -0.05) is 18.2 Å². The molecule has 0 aliphatic carbocycles. The number of carbonyl (C=O) groups excluding carboxylic acids is 1. The van der Waals surface area contributed by atoms with Gasteiger partial charge in [-0.15, -0.1) is 0 Å². The van der Waals surface area contributed by atoms with Crippen LogP contribution in [-0.4, -0.2) is 48.2 Å². The van der Waals surface area contributed by atoms with E-state index in [0.717, 1.165) is 5.69 Å². The first kappa shape index (κ1) is 16.4. The molecule has 0 spiro atoms. The van der Waals surface area contributed by atoms with Crippen molar-refractivity contribution in [2.24, 2.45) is 0 Å². The lowest BCUT2D eigenvalue weighted by Crippen LogP contribution is -2.41. The molecular formula is C17H19N3O4. The van der Waals surface area contributed by atoms with Gasteiger partial charge in [0, 0.05) is 18.3 Å². The number of para-hydroxylation sites is 1. The summed E-state index contributed by atoms with van der Waals surface area (Å²) >= 11 is 0. The van der Waals surface area contributed by atoms with Gasteiger partial charge in [-0.2, -0.15) is 5.10 Å². The van der Waals surface area contributed by atoms with E-state index in [-0.39, 0.29) is 18.3 Å². The number of carbonyl (C=O) groups is 1. The van der Waals surface area contributed by atoms with Gasteiger partial charge in [-0.3, -0.25) is 9.59 Å². The fraction of sp³-hybridized carbons (Fsp3) is 0.353. The van der Waals surface area contributed by atoms with Crippen LogP contribution in [0.5, 0.6) is 0 Å². The molecule has 1 amide bonds. The molecule has 126 valence electrons. The van der Waals surface area contributed by atoms with E-state index in [1.807, 2.05) is 30.3 Å². The SMILES string of the molecule is Cc1cc(=O)c(C(=O)NCC2COCCO2)nn1-c1ccccc1. The van der Waals surface area contributed by atoms with Gasteiger partial charge in [-0.05, 0) is 19.1 Å². The van der Waals surface area contributed by atoms with Crippen LogP contribution in [-0.2, 0) is 9.47 Å². The molecule has 2 heterocycles. The van der Waals surface area contributed by atoms with Gasteiger partial charge in [0.2, 0.25) is 5.43 Å². The maximum absolute atomic E-state index is 12.3. The Morgan fingerprint density at radius 3 is 2.83 bits per heavy atom. The summed E-state index contributed by atoms with van der Waals surface area (Å²) in [6.45, 7) is 3.54. The number of ether oxygens (including phenoxy) is 2. The van der Waals surface area contributed by atoms with Crippen molar-refractivity contribution in [2.45, 2.75) is 13.0 Å². The largest absolute Gasteiger partial charge is 0.376 e. The lowest BCUT2D eigenvalue weighted by Gasteiger charge is -2.23. The smallest absolute Gasteiger partial charge is 0.275 e. The number of nitrogens with one attached hydrogen (secondary N) is 1. The Hall–Kier alpha value is -2.51. The van der Waals surface area contributed by atoms with Gasteiger partial charge >= 0.3 is 0 Å². The summed E-state index contributed by atoms with van der Waals surface area (Å²) in [5.41, 5.74) is 0.902. The van der Waals surface area contributed by atoms with Crippen molar-refractivity contribution in [3.63, 3.8) is 0 Å². The molecule has 0 bridgehead atoms. The molecule has 1 aromatic carbocycles. The second-order valence-corrected chi connectivity index (χ2v) is 5.52. The van der Waals surface area contributed by atoms with E-state index in [4.69, 9.17) is 9.47 Å². The lowest BCUT2D eigenvalue weighted by atomic mass is 10.2. The standard InChI is InChI=1S/C17H19N3O4/c1-12-9-15(21)16(19-20(12)13-5-3-2-4-6-13)17(22)18-10-14-11-23-7-8-24-14/h2-6,9,14H,7-8,10-11H2,1H3,(H,18,22). The molecule has 1 fully saturated rings. The summed E-state index contributed by atoms with van der Waals surface area (Å²) in [6, 6.07) is 10.8. The van der Waals surface area contributed by atoms with Crippen LogP contribution < -0.4 is 10.7 Å².